The molecule has 5 aromatic heterocycles. The van der Waals surface area contributed by atoms with Crippen LogP contribution in [0.4, 0.5) is 0 Å². The number of thiazole rings is 1. The third-order valence-electron chi connectivity index (χ3n) is 14.1. The number of aromatic nitrogens is 1. The summed E-state index contributed by atoms with van der Waals surface area (Å²) in [6.45, 7) is 9.36. The molecule has 0 saturated carbocycles. The smallest absolute Gasteiger partial charge is 0.133 e. The van der Waals surface area contributed by atoms with E-state index in [2.05, 4.69) is 113 Å². The first-order valence-corrected chi connectivity index (χ1v) is 35.2. The third-order valence-corrected chi connectivity index (χ3v) is 32.6. The van der Waals surface area contributed by atoms with Gasteiger partial charge in [0.2, 0.25) is 0 Å². The maximum atomic E-state index is 5.28. The summed E-state index contributed by atoms with van der Waals surface area (Å²) in [5.74, 6) is 0. The Kier molecular flexibility index (Phi) is 19.2. The van der Waals surface area contributed by atoms with Gasteiger partial charge in [-0.2, -0.15) is 0 Å². The molecule has 334 valence electrons. The standard InChI is InChI=1S/C51H73Br2NS5Si2/c1-5-9-13-17-21-25-29-60(30-26-22-18-14-10-6-2)41-33-38(55-47(41)49-43(60)35-45(52)58-49)40-37-54-51(57-40)39-34-42-48(56-39)50-44(36-46(53)59-50)61(42,31-27-23-19-15-11-7-3)32-28-24-20-16-12-8-4/h33-37H,5-32H2,1-4H3. The van der Waals surface area contributed by atoms with E-state index >= 15 is 0 Å². The maximum absolute atomic E-state index is 5.28. The van der Waals surface area contributed by atoms with Crippen molar-refractivity contribution in [2.75, 3.05) is 0 Å². The molecule has 61 heavy (non-hydrogen) atoms. The molecule has 0 amide bonds. The summed E-state index contributed by atoms with van der Waals surface area (Å²) in [5.41, 5.74) is 0. The van der Waals surface area contributed by atoms with E-state index in [0.717, 1.165) is 0 Å². The molecule has 0 fully saturated rings. The van der Waals surface area contributed by atoms with Crippen LogP contribution in [-0.2, 0) is 0 Å². The Morgan fingerprint density at radius 3 is 1.11 bits per heavy atom. The number of unbranched alkanes of at least 4 members (excludes halogenated alkanes) is 20. The zero-order valence-corrected chi connectivity index (χ0v) is 47.2. The molecule has 0 aliphatic carbocycles. The SMILES string of the molecule is CCCCCCCC[Si]1(CCCCCCCC)c2cc(Br)sc2-c2sc(-c3cnc(-c4cc5c(s4)-c4sc(Br)cc4[Si]5(CCCCCCCC)CCCCCCCC)s3)cc21. The molecule has 0 bridgehead atoms. The van der Waals surface area contributed by atoms with Gasteiger partial charge in [-0.15, -0.1) is 56.7 Å². The highest BCUT2D eigenvalue weighted by atomic mass is 79.9. The van der Waals surface area contributed by atoms with Crippen LogP contribution in [0.3, 0.4) is 0 Å². The Hall–Kier alpha value is -0.176. The number of fused-ring (bicyclic) bond motifs is 6. The number of rotatable bonds is 30. The largest absolute Gasteiger partial charge is 0.243 e. The van der Waals surface area contributed by atoms with E-state index in [4.69, 9.17) is 4.98 Å². The van der Waals surface area contributed by atoms with Crippen molar-refractivity contribution in [3.8, 4) is 39.1 Å². The number of nitrogens with zero attached hydrogens (tertiary/aromatic N) is 1. The van der Waals surface area contributed by atoms with Gasteiger partial charge in [0.15, 0.2) is 0 Å². The van der Waals surface area contributed by atoms with Crippen molar-refractivity contribution in [1.82, 2.24) is 4.98 Å². The minimum absolute atomic E-state index is 1.24. The van der Waals surface area contributed by atoms with Crippen LogP contribution in [0, 0.1) is 0 Å². The predicted molar refractivity (Wildman–Crippen MR) is 294 cm³/mol. The van der Waals surface area contributed by atoms with Crippen LogP contribution in [0.5, 0.6) is 0 Å². The molecule has 10 heteroatoms. The summed E-state index contributed by atoms with van der Waals surface area (Å²) >= 11 is 18.1. The summed E-state index contributed by atoms with van der Waals surface area (Å²) in [4.78, 5) is 16.0. The second kappa shape index (κ2) is 24.0. The second-order valence-electron chi connectivity index (χ2n) is 18.6. The zero-order chi connectivity index (χ0) is 42.7. The molecule has 0 radical (unpaired) electrons. The monoisotopic (exact) mass is 1070 g/mol. The van der Waals surface area contributed by atoms with Gasteiger partial charge in [-0.3, -0.25) is 0 Å². The van der Waals surface area contributed by atoms with Crippen LogP contribution in [0.25, 0.3) is 39.1 Å². The molecule has 0 unspecified atom stereocenters. The van der Waals surface area contributed by atoms with Gasteiger partial charge < -0.3 is 0 Å². The fourth-order valence-electron chi connectivity index (χ4n) is 10.8. The molecule has 0 aromatic carbocycles. The van der Waals surface area contributed by atoms with E-state index in [-0.39, 0.29) is 0 Å². The van der Waals surface area contributed by atoms with Gasteiger partial charge in [0.1, 0.15) is 21.2 Å². The minimum Gasteiger partial charge on any atom is -0.243 e. The van der Waals surface area contributed by atoms with Crippen LogP contribution < -0.4 is 20.7 Å². The lowest BCUT2D eigenvalue weighted by molar-refractivity contribution is 0.616. The molecule has 0 saturated heterocycles. The summed E-state index contributed by atoms with van der Waals surface area (Å²) in [6, 6.07) is 16.2. The van der Waals surface area contributed by atoms with Crippen LogP contribution in [0.1, 0.15) is 182 Å². The lowest BCUT2D eigenvalue weighted by atomic mass is 10.1. The van der Waals surface area contributed by atoms with E-state index in [1.807, 2.05) is 34.0 Å². The third kappa shape index (κ3) is 11.3. The zero-order valence-electron chi connectivity index (χ0n) is 37.9. The van der Waals surface area contributed by atoms with Gasteiger partial charge in [0.05, 0.1) is 17.3 Å². The van der Waals surface area contributed by atoms with Gasteiger partial charge >= 0.3 is 0 Å². The van der Waals surface area contributed by atoms with Crippen LogP contribution >= 0.6 is 88.5 Å². The Morgan fingerprint density at radius 1 is 0.377 bits per heavy atom. The maximum Gasteiger partial charge on any atom is 0.133 e. The van der Waals surface area contributed by atoms with Gasteiger partial charge in [0.25, 0.3) is 0 Å². The Morgan fingerprint density at radius 2 is 0.705 bits per heavy atom. The second-order valence-corrected chi connectivity index (χ2v) is 35.0. The summed E-state index contributed by atoms with van der Waals surface area (Å²) in [5, 5.41) is 8.33. The van der Waals surface area contributed by atoms with Crippen LogP contribution in [0.15, 0.2) is 38.0 Å². The van der Waals surface area contributed by atoms with Crippen molar-refractivity contribution in [1.29, 1.82) is 0 Å². The van der Waals surface area contributed by atoms with E-state index in [1.165, 1.54) is 205 Å². The quantitative estimate of drug-likeness (QED) is 0.0330. The normalized spacial score (nSPS) is 14.5. The van der Waals surface area contributed by atoms with Crippen LogP contribution in [-0.4, -0.2) is 21.1 Å². The van der Waals surface area contributed by atoms with Gasteiger partial charge in [0, 0.05) is 30.6 Å². The Bertz CT molecular complexity index is 1930. The lowest BCUT2D eigenvalue weighted by Gasteiger charge is -2.29. The van der Waals surface area contributed by atoms with Crippen molar-refractivity contribution in [2.24, 2.45) is 0 Å². The topological polar surface area (TPSA) is 12.9 Å². The molecule has 5 aromatic rings. The first kappa shape index (κ1) is 48.7. The van der Waals surface area contributed by atoms with E-state index in [9.17, 15) is 0 Å². The van der Waals surface area contributed by atoms with Crippen molar-refractivity contribution in [3.63, 3.8) is 0 Å². The molecular formula is C51H73Br2NS5Si2. The van der Waals surface area contributed by atoms with Crippen molar-refractivity contribution in [3.05, 3.63) is 38.0 Å². The van der Waals surface area contributed by atoms with E-state index in [1.54, 1.807) is 40.3 Å². The van der Waals surface area contributed by atoms with Crippen molar-refractivity contribution >= 4 is 125 Å². The Balaban J connectivity index is 1.17. The molecule has 2 aliphatic rings. The molecular weight excluding hydrogens is 1000 g/mol. The van der Waals surface area contributed by atoms with E-state index in [0.29, 0.717) is 0 Å². The highest BCUT2D eigenvalue weighted by Gasteiger charge is 2.49. The fraction of sp³-hybridized carbons (Fsp3) is 0.627. The predicted octanol–water partition coefficient (Wildman–Crippen LogP) is 18.8. The molecule has 2 aliphatic heterocycles. The van der Waals surface area contributed by atoms with Crippen LogP contribution in [0.2, 0.25) is 24.2 Å². The summed E-state index contributed by atoms with van der Waals surface area (Å²) in [6.07, 6.45) is 35.4. The summed E-state index contributed by atoms with van der Waals surface area (Å²) < 4.78 is 2.66. The van der Waals surface area contributed by atoms with Crippen molar-refractivity contribution in [2.45, 2.75) is 206 Å². The van der Waals surface area contributed by atoms with Crippen molar-refractivity contribution < 1.29 is 0 Å². The average molecular weight is 1080 g/mol. The summed E-state index contributed by atoms with van der Waals surface area (Å²) in [7, 11) is -3.75. The minimum atomic E-state index is -1.88. The molecule has 7 heterocycles. The highest BCUT2D eigenvalue weighted by molar-refractivity contribution is 9.11. The number of hydrogen-bond donors (Lipinski definition) is 0. The Labute approximate surface area is 409 Å². The molecule has 0 spiro atoms. The van der Waals surface area contributed by atoms with E-state index < -0.39 is 16.1 Å². The molecule has 7 rings (SSSR count). The first-order valence-electron chi connectivity index (χ1n) is 24.7. The highest BCUT2D eigenvalue weighted by Crippen LogP contribution is 2.50. The fourth-order valence-corrected chi connectivity index (χ4v) is 32.0. The number of hydrogen-bond acceptors (Lipinski definition) is 6. The average Bonchev–Trinajstić information content (AvgIpc) is 4.12. The van der Waals surface area contributed by atoms with Gasteiger partial charge in [-0.05, 0) is 101 Å². The number of halogens is 2. The molecule has 1 nitrogen and oxygen atoms in total. The first-order chi connectivity index (χ1) is 29.9. The lowest BCUT2D eigenvalue weighted by Crippen LogP contribution is -2.54. The van der Waals surface area contributed by atoms with Gasteiger partial charge in [-0.25, -0.2) is 4.98 Å². The van der Waals surface area contributed by atoms with Gasteiger partial charge in [-0.1, -0.05) is 182 Å². The molecule has 0 atom stereocenters. The molecule has 0 N–H and O–H groups in total. The number of thiophene rings is 4.